The van der Waals surface area contributed by atoms with E-state index in [1.54, 1.807) is 5.57 Å². The van der Waals surface area contributed by atoms with Gasteiger partial charge in [-0.05, 0) is 74.5 Å². The zero-order chi connectivity index (χ0) is 16.4. The van der Waals surface area contributed by atoms with Crippen LogP contribution < -0.4 is 0 Å². The monoisotopic (exact) mass is 304 g/mol. The molecule has 0 aromatic rings. The SMILES string of the molecule is C=C(C)CCC[C@]1(C)CCC[C@@H]2C1=CC[C@@H](C)[C@@]2(C)CCO. The van der Waals surface area contributed by atoms with E-state index in [0.29, 0.717) is 23.9 Å². The van der Waals surface area contributed by atoms with Crippen LogP contribution in [-0.2, 0) is 0 Å². The maximum atomic E-state index is 9.60. The van der Waals surface area contributed by atoms with Crippen LogP contribution in [0.3, 0.4) is 0 Å². The average molecular weight is 305 g/mol. The molecule has 126 valence electrons. The molecule has 0 aromatic carbocycles. The number of hydrogen-bond donors (Lipinski definition) is 1. The van der Waals surface area contributed by atoms with Gasteiger partial charge in [-0.25, -0.2) is 0 Å². The standard InChI is InChI=1S/C21H36O/c1-16(2)8-6-12-20(4)13-7-9-19-18(20)11-10-17(3)21(19,5)14-15-22/h11,17,19,22H,1,6-10,12-15H2,2-5H3/t17-,19-,20-,21-/m1/s1. The fourth-order valence-corrected chi connectivity index (χ4v) is 5.12. The maximum absolute atomic E-state index is 9.60. The van der Waals surface area contributed by atoms with Crippen LogP contribution >= 0.6 is 0 Å². The van der Waals surface area contributed by atoms with Gasteiger partial charge in [0.2, 0.25) is 0 Å². The van der Waals surface area contributed by atoms with Crippen molar-refractivity contribution in [3.8, 4) is 0 Å². The summed E-state index contributed by atoms with van der Waals surface area (Å²) in [5.41, 5.74) is 3.71. The summed E-state index contributed by atoms with van der Waals surface area (Å²) in [4.78, 5) is 0. The molecular weight excluding hydrogens is 268 g/mol. The lowest BCUT2D eigenvalue weighted by molar-refractivity contribution is 0.0352. The van der Waals surface area contributed by atoms with Crippen molar-refractivity contribution in [2.75, 3.05) is 6.61 Å². The summed E-state index contributed by atoms with van der Waals surface area (Å²) in [6, 6.07) is 0. The highest BCUT2D eigenvalue weighted by molar-refractivity contribution is 5.26. The van der Waals surface area contributed by atoms with Crippen molar-refractivity contribution in [3.05, 3.63) is 23.8 Å². The summed E-state index contributed by atoms with van der Waals surface area (Å²) in [7, 11) is 0. The van der Waals surface area contributed by atoms with Crippen LogP contribution in [0.15, 0.2) is 23.8 Å². The summed E-state index contributed by atoms with van der Waals surface area (Å²) >= 11 is 0. The molecule has 2 rings (SSSR count). The second kappa shape index (κ2) is 6.91. The summed E-state index contributed by atoms with van der Waals surface area (Å²) < 4.78 is 0. The van der Waals surface area contributed by atoms with Gasteiger partial charge in [0.1, 0.15) is 0 Å². The van der Waals surface area contributed by atoms with E-state index in [2.05, 4.69) is 40.3 Å². The van der Waals surface area contributed by atoms with Crippen molar-refractivity contribution in [3.63, 3.8) is 0 Å². The molecule has 1 saturated carbocycles. The van der Waals surface area contributed by atoms with Gasteiger partial charge in [0, 0.05) is 6.61 Å². The molecule has 0 radical (unpaired) electrons. The van der Waals surface area contributed by atoms with Gasteiger partial charge in [0.15, 0.2) is 0 Å². The summed E-state index contributed by atoms with van der Waals surface area (Å²) in [5, 5.41) is 9.60. The Morgan fingerprint density at radius 1 is 1.36 bits per heavy atom. The normalized spacial score (nSPS) is 38.3. The van der Waals surface area contributed by atoms with Gasteiger partial charge in [-0.2, -0.15) is 0 Å². The zero-order valence-electron chi connectivity index (χ0n) is 15.3. The van der Waals surface area contributed by atoms with Crippen molar-refractivity contribution in [1.82, 2.24) is 0 Å². The van der Waals surface area contributed by atoms with Crippen LogP contribution in [0.2, 0.25) is 0 Å². The number of fused-ring (bicyclic) bond motifs is 1. The van der Waals surface area contributed by atoms with Gasteiger partial charge in [-0.1, -0.05) is 44.4 Å². The number of rotatable bonds is 6. The Morgan fingerprint density at radius 2 is 2.09 bits per heavy atom. The molecule has 1 heteroatoms. The smallest absolute Gasteiger partial charge is 0.0436 e. The second-order valence-corrected chi connectivity index (χ2v) is 8.59. The molecule has 0 unspecified atom stereocenters. The Labute approximate surface area is 137 Å². The largest absolute Gasteiger partial charge is 0.396 e. The second-order valence-electron chi connectivity index (χ2n) is 8.59. The minimum atomic E-state index is 0.287. The lowest BCUT2D eigenvalue weighted by Gasteiger charge is -2.54. The molecule has 0 aromatic heterocycles. The highest BCUT2D eigenvalue weighted by Crippen LogP contribution is 2.58. The maximum Gasteiger partial charge on any atom is 0.0436 e. The quantitative estimate of drug-likeness (QED) is 0.606. The third-order valence-electron chi connectivity index (χ3n) is 6.89. The first-order valence-electron chi connectivity index (χ1n) is 9.29. The van der Waals surface area contributed by atoms with Crippen molar-refractivity contribution in [2.45, 2.75) is 79.1 Å². The molecular formula is C21H36O. The Bertz CT molecular complexity index is 435. The van der Waals surface area contributed by atoms with Crippen LogP contribution in [-0.4, -0.2) is 11.7 Å². The molecule has 22 heavy (non-hydrogen) atoms. The summed E-state index contributed by atoms with van der Waals surface area (Å²) in [6.45, 7) is 13.9. The van der Waals surface area contributed by atoms with E-state index in [-0.39, 0.29) is 5.41 Å². The third kappa shape index (κ3) is 3.35. The molecule has 0 heterocycles. The van der Waals surface area contributed by atoms with Crippen LogP contribution in [0.1, 0.15) is 79.1 Å². The van der Waals surface area contributed by atoms with Crippen LogP contribution in [0.25, 0.3) is 0 Å². The highest BCUT2D eigenvalue weighted by atomic mass is 16.3. The lowest BCUT2D eigenvalue weighted by Crippen LogP contribution is -2.44. The van der Waals surface area contributed by atoms with Crippen molar-refractivity contribution in [1.29, 1.82) is 0 Å². The van der Waals surface area contributed by atoms with E-state index < -0.39 is 0 Å². The highest BCUT2D eigenvalue weighted by Gasteiger charge is 2.48. The van der Waals surface area contributed by atoms with Gasteiger partial charge in [-0.3, -0.25) is 0 Å². The fraction of sp³-hybridized carbons (Fsp3) is 0.810. The van der Waals surface area contributed by atoms with Crippen LogP contribution in [0, 0.1) is 22.7 Å². The minimum absolute atomic E-state index is 0.287. The van der Waals surface area contributed by atoms with E-state index in [9.17, 15) is 5.11 Å². The first kappa shape index (κ1) is 17.8. The van der Waals surface area contributed by atoms with Crippen molar-refractivity contribution < 1.29 is 5.11 Å². The number of aliphatic hydroxyl groups is 1. The third-order valence-corrected chi connectivity index (χ3v) is 6.89. The molecule has 0 saturated heterocycles. The van der Waals surface area contributed by atoms with E-state index in [1.807, 2.05) is 0 Å². The molecule has 4 atom stereocenters. The molecule has 0 bridgehead atoms. The molecule has 0 amide bonds. The average Bonchev–Trinajstić information content (AvgIpc) is 2.44. The van der Waals surface area contributed by atoms with Crippen LogP contribution in [0.5, 0.6) is 0 Å². The molecule has 0 spiro atoms. The van der Waals surface area contributed by atoms with E-state index in [1.165, 1.54) is 44.1 Å². The molecule has 2 aliphatic carbocycles. The van der Waals surface area contributed by atoms with E-state index in [4.69, 9.17) is 0 Å². The molecule has 2 aliphatic rings. The van der Waals surface area contributed by atoms with Gasteiger partial charge in [0.05, 0.1) is 0 Å². The van der Waals surface area contributed by atoms with Gasteiger partial charge in [0.25, 0.3) is 0 Å². The van der Waals surface area contributed by atoms with Gasteiger partial charge >= 0.3 is 0 Å². The minimum Gasteiger partial charge on any atom is -0.396 e. The topological polar surface area (TPSA) is 20.2 Å². The van der Waals surface area contributed by atoms with Crippen molar-refractivity contribution in [2.24, 2.45) is 22.7 Å². The number of hydrogen-bond acceptors (Lipinski definition) is 1. The number of aliphatic hydroxyl groups excluding tert-OH is 1. The van der Waals surface area contributed by atoms with Gasteiger partial charge < -0.3 is 5.11 Å². The van der Waals surface area contributed by atoms with E-state index in [0.717, 1.165) is 12.8 Å². The molecule has 1 nitrogen and oxygen atoms in total. The van der Waals surface area contributed by atoms with Gasteiger partial charge in [-0.15, -0.1) is 6.58 Å². The Morgan fingerprint density at radius 3 is 2.73 bits per heavy atom. The Hall–Kier alpha value is -0.560. The molecule has 1 fully saturated rings. The zero-order valence-corrected chi connectivity index (χ0v) is 15.3. The van der Waals surface area contributed by atoms with Crippen molar-refractivity contribution >= 4 is 0 Å². The molecule has 0 aliphatic heterocycles. The fourth-order valence-electron chi connectivity index (χ4n) is 5.12. The summed E-state index contributed by atoms with van der Waals surface area (Å²) in [5.74, 6) is 1.37. The first-order chi connectivity index (χ1) is 10.3. The first-order valence-corrected chi connectivity index (χ1v) is 9.29. The summed E-state index contributed by atoms with van der Waals surface area (Å²) in [6.07, 6.45) is 12.5. The predicted octanol–water partition coefficient (Wildman–Crippen LogP) is 5.89. The lowest BCUT2D eigenvalue weighted by atomic mass is 9.51. The Balaban J connectivity index is 2.20. The number of allylic oxidation sites excluding steroid dienone is 3. The predicted molar refractivity (Wildman–Crippen MR) is 95.8 cm³/mol. The molecule has 1 N–H and O–H groups in total. The van der Waals surface area contributed by atoms with E-state index >= 15 is 0 Å². The Kier molecular flexibility index (Phi) is 5.59. The van der Waals surface area contributed by atoms with Crippen LogP contribution in [0.4, 0.5) is 0 Å².